The summed E-state index contributed by atoms with van der Waals surface area (Å²) in [6.07, 6.45) is 12.2. The largest absolute Gasteiger partial charge is 0.347 e. The Morgan fingerprint density at radius 3 is 2.63 bits per heavy atom. The van der Waals surface area contributed by atoms with Crippen LogP contribution in [0.2, 0.25) is 0 Å². The molecule has 0 aromatic rings. The van der Waals surface area contributed by atoms with Crippen molar-refractivity contribution in [3.8, 4) is 0 Å². The lowest BCUT2D eigenvalue weighted by atomic mass is 10.0. The van der Waals surface area contributed by atoms with Gasteiger partial charge in [0.2, 0.25) is 0 Å². The van der Waals surface area contributed by atoms with E-state index in [-0.39, 0.29) is 0 Å². The Hall–Kier alpha value is -2.05. The number of amidine groups is 1. The van der Waals surface area contributed by atoms with Crippen molar-refractivity contribution in [3.05, 3.63) is 66.6 Å². The van der Waals surface area contributed by atoms with Crippen LogP contribution in [0.1, 0.15) is 27.2 Å². The van der Waals surface area contributed by atoms with Crippen LogP contribution in [0.15, 0.2) is 66.6 Å². The van der Waals surface area contributed by atoms with Crippen LogP contribution in [-0.2, 0) is 0 Å². The normalized spacial score (nSPS) is 13.8. The molecule has 0 radical (unpaired) electrons. The third-order valence-corrected chi connectivity index (χ3v) is 2.57. The maximum absolute atomic E-state index is 7.75. The predicted octanol–water partition coefficient (Wildman–Crippen LogP) is 4.51. The van der Waals surface area contributed by atoms with Gasteiger partial charge in [0.05, 0.1) is 0 Å². The fraction of sp³-hybridized carbons (Fsp3) is 0.294. The Labute approximate surface area is 117 Å². The summed E-state index contributed by atoms with van der Waals surface area (Å²) in [5, 5.41) is 10.7. The van der Waals surface area contributed by atoms with Crippen molar-refractivity contribution in [2.45, 2.75) is 27.2 Å². The summed E-state index contributed by atoms with van der Waals surface area (Å²) in [6.45, 7) is 13.3. The van der Waals surface area contributed by atoms with Gasteiger partial charge >= 0.3 is 0 Å². The molecule has 2 N–H and O–H groups in total. The summed E-state index contributed by atoms with van der Waals surface area (Å²) in [5.41, 5.74) is 4.99. The van der Waals surface area contributed by atoms with Gasteiger partial charge in [0.15, 0.2) is 0 Å². The first-order chi connectivity index (χ1) is 9.03. The highest BCUT2D eigenvalue weighted by Crippen LogP contribution is 2.13. The first kappa shape index (κ1) is 16.9. The van der Waals surface area contributed by atoms with Gasteiger partial charge in [0.25, 0.3) is 0 Å². The third-order valence-electron chi connectivity index (χ3n) is 2.57. The van der Waals surface area contributed by atoms with Crippen LogP contribution in [0, 0.1) is 11.3 Å². The molecule has 0 fully saturated rings. The molecule has 19 heavy (non-hydrogen) atoms. The van der Waals surface area contributed by atoms with E-state index in [0.717, 1.165) is 12.0 Å². The number of rotatable bonds is 7. The minimum atomic E-state index is 0.354. The molecule has 0 aromatic heterocycles. The Morgan fingerprint density at radius 2 is 2.11 bits per heavy atom. The van der Waals surface area contributed by atoms with Crippen molar-refractivity contribution in [1.29, 1.82) is 5.41 Å². The minimum absolute atomic E-state index is 0.354. The molecule has 0 spiro atoms. The van der Waals surface area contributed by atoms with E-state index in [1.165, 1.54) is 5.57 Å². The highest BCUT2D eigenvalue weighted by molar-refractivity contribution is 5.91. The zero-order valence-corrected chi connectivity index (χ0v) is 12.2. The minimum Gasteiger partial charge on any atom is -0.347 e. The molecule has 0 aliphatic heterocycles. The molecule has 2 heteroatoms. The van der Waals surface area contributed by atoms with Crippen LogP contribution in [-0.4, -0.2) is 5.84 Å². The van der Waals surface area contributed by atoms with Gasteiger partial charge in [-0.2, -0.15) is 0 Å². The number of hydrogen-bond acceptors (Lipinski definition) is 1. The van der Waals surface area contributed by atoms with E-state index in [1.807, 2.05) is 26.0 Å². The van der Waals surface area contributed by atoms with Crippen LogP contribution in [0.4, 0.5) is 0 Å². The molecule has 1 atom stereocenters. The van der Waals surface area contributed by atoms with Crippen molar-refractivity contribution in [2.24, 2.45) is 5.92 Å². The molecular weight excluding hydrogens is 232 g/mol. The SMILES string of the molecule is C=C=CC(C)CC(/C=C\C(=N)N/C=C(/C)C=C)=C/C. The lowest BCUT2D eigenvalue weighted by Gasteiger charge is -2.06. The third kappa shape index (κ3) is 8.64. The molecule has 0 rings (SSSR count). The average Bonchev–Trinajstić information content (AvgIpc) is 2.40. The summed E-state index contributed by atoms with van der Waals surface area (Å²) in [6, 6.07) is 0. The lowest BCUT2D eigenvalue weighted by molar-refractivity contribution is 0.727. The predicted molar refractivity (Wildman–Crippen MR) is 85.2 cm³/mol. The molecular formula is C17H24N2. The molecule has 2 nitrogen and oxygen atoms in total. The van der Waals surface area contributed by atoms with E-state index in [1.54, 1.807) is 18.4 Å². The molecule has 0 aromatic carbocycles. The van der Waals surface area contributed by atoms with Crippen molar-refractivity contribution in [3.63, 3.8) is 0 Å². The fourth-order valence-corrected chi connectivity index (χ4v) is 1.40. The van der Waals surface area contributed by atoms with Gasteiger partial charge in [0.1, 0.15) is 5.84 Å². The highest BCUT2D eigenvalue weighted by atomic mass is 14.9. The second-order valence-electron chi connectivity index (χ2n) is 4.40. The molecule has 0 saturated carbocycles. The fourth-order valence-electron chi connectivity index (χ4n) is 1.40. The average molecular weight is 256 g/mol. The van der Waals surface area contributed by atoms with Crippen LogP contribution in [0.3, 0.4) is 0 Å². The summed E-state index contributed by atoms with van der Waals surface area (Å²) in [5.74, 6) is 0.755. The smallest absolute Gasteiger partial charge is 0.121 e. The van der Waals surface area contributed by atoms with Crippen molar-refractivity contribution in [1.82, 2.24) is 5.32 Å². The van der Waals surface area contributed by atoms with Crippen LogP contribution in [0.5, 0.6) is 0 Å². The standard InChI is InChI=1S/C17H24N2/c1-6-9-15(5)12-16(8-3)10-11-17(18)19-13-14(4)7-2/h7-11,13,15H,1-2,12H2,3-5H3,(H2,18,19)/b11-10-,14-13-,16-8+. The molecule has 0 amide bonds. The second kappa shape index (κ2) is 9.93. The van der Waals surface area contributed by atoms with Crippen LogP contribution >= 0.6 is 0 Å². The van der Waals surface area contributed by atoms with Crippen LogP contribution in [0.25, 0.3) is 0 Å². The lowest BCUT2D eigenvalue weighted by Crippen LogP contribution is -2.13. The summed E-state index contributed by atoms with van der Waals surface area (Å²) < 4.78 is 0. The maximum Gasteiger partial charge on any atom is 0.121 e. The van der Waals surface area contributed by atoms with Gasteiger partial charge < -0.3 is 5.32 Å². The van der Waals surface area contributed by atoms with E-state index in [0.29, 0.717) is 11.8 Å². The second-order valence-corrected chi connectivity index (χ2v) is 4.40. The van der Waals surface area contributed by atoms with Crippen molar-refractivity contribution >= 4 is 5.84 Å². The summed E-state index contributed by atoms with van der Waals surface area (Å²) in [7, 11) is 0. The number of hydrogen-bond donors (Lipinski definition) is 2. The van der Waals surface area contributed by atoms with Crippen molar-refractivity contribution < 1.29 is 0 Å². The van der Waals surface area contributed by atoms with Crippen LogP contribution < -0.4 is 5.32 Å². The Kier molecular flexibility index (Phi) is 8.86. The Bertz CT molecular complexity index is 444. The molecule has 1 unspecified atom stereocenters. The first-order valence-corrected chi connectivity index (χ1v) is 6.37. The zero-order valence-electron chi connectivity index (χ0n) is 12.2. The van der Waals surface area contributed by atoms with Gasteiger partial charge in [-0.15, -0.1) is 5.73 Å². The maximum atomic E-state index is 7.75. The first-order valence-electron chi connectivity index (χ1n) is 6.37. The quantitative estimate of drug-likeness (QED) is 0.299. The summed E-state index contributed by atoms with van der Waals surface area (Å²) in [4.78, 5) is 0. The van der Waals surface area contributed by atoms with E-state index < -0.39 is 0 Å². The molecule has 0 bridgehead atoms. The zero-order chi connectivity index (χ0) is 14.7. The molecule has 0 heterocycles. The topological polar surface area (TPSA) is 35.9 Å². The van der Waals surface area contributed by atoms with Gasteiger partial charge in [0, 0.05) is 6.20 Å². The van der Waals surface area contributed by atoms with E-state index in [4.69, 9.17) is 5.41 Å². The Balaban J connectivity index is 4.46. The van der Waals surface area contributed by atoms with E-state index >= 15 is 0 Å². The van der Waals surface area contributed by atoms with Crippen molar-refractivity contribution in [2.75, 3.05) is 0 Å². The number of allylic oxidation sites excluding steroid dienone is 6. The van der Waals surface area contributed by atoms with Gasteiger partial charge in [-0.25, -0.2) is 0 Å². The Morgan fingerprint density at radius 1 is 1.42 bits per heavy atom. The molecule has 102 valence electrons. The highest BCUT2D eigenvalue weighted by Gasteiger charge is 1.99. The van der Waals surface area contributed by atoms with Gasteiger partial charge in [-0.3, -0.25) is 5.41 Å². The molecule has 0 aliphatic rings. The van der Waals surface area contributed by atoms with E-state index in [2.05, 4.69) is 37.2 Å². The molecule has 0 aliphatic carbocycles. The summed E-state index contributed by atoms with van der Waals surface area (Å²) >= 11 is 0. The van der Waals surface area contributed by atoms with Gasteiger partial charge in [-0.1, -0.05) is 43.9 Å². The number of nitrogens with one attached hydrogen (secondary N) is 2. The van der Waals surface area contributed by atoms with E-state index in [9.17, 15) is 0 Å². The van der Waals surface area contributed by atoms with Gasteiger partial charge in [-0.05, 0) is 43.9 Å². The molecule has 0 saturated heterocycles. The monoisotopic (exact) mass is 256 g/mol.